The van der Waals surface area contributed by atoms with Crippen molar-refractivity contribution >= 4 is 17.5 Å². The lowest BCUT2D eigenvalue weighted by atomic mass is 10.4. The molecule has 50 valence electrons. The van der Waals surface area contributed by atoms with Gasteiger partial charge in [-0.2, -0.15) is 0 Å². The van der Waals surface area contributed by atoms with Crippen molar-refractivity contribution in [3.8, 4) is 0 Å². The van der Waals surface area contributed by atoms with Crippen LogP contribution in [-0.4, -0.2) is 12.0 Å². The molecule has 0 aromatic rings. The van der Waals surface area contributed by atoms with E-state index in [4.69, 9.17) is 5.41 Å². The van der Waals surface area contributed by atoms with Crippen LogP contribution in [0.5, 0.6) is 0 Å². The zero-order valence-electron chi connectivity index (χ0n) is 5.77. The average Bonchev–Trinajstić information content (AvgIpc) is 1.83. The molecule has 0 amide bonds. The fourth-order valence-corrected chi connectivity index (χ4v) is 0.490. The van der Waals surface area contributed by atoms with E-state index in [0.29, 0.717) is 5.71 Å². The lowest BCUT2D eigenvalue weighted by molar-refractivity contribution is 1.50. The Morgan fingerprint density at radius 2 is 2.11 bits per heavy atom. The summed E-state index contributed by atoms with van der Waals surface area (Å²) in [7, 11) is 0. The summed E-state index contributed by atoms with van der Waals surface area (Å²) < 4.78 is 0. The molecule has 2 heteroatoms. The summed E-state index contributed by atoms with van der Waals surface area (Å²) in [6.45, 7) is 5.46. The quantitative estimate of drug-likeness (QED) is 0.473. The molecule has 0 rings (SSSR count). The zero-order valence-corrected chi connectivity index (χ0v) is 6.59. The van der Waals surface area contributed by atoms with Gasteiger partial charge >= 0.3 is 0 Å². The van der Waals surface area contributed by atoms with Gasteiger partial charge < -0.3 is 5.41 Å². The lowest BCUT2D eigenvalue weighted by Crippen LogP contribution is -1.77. The highest BCUT2D eigenvalue weighted by Gasteiger charge is 1.80. The topological polar surface area (TPSA) is 23.9 Å². The van der Waals surface area contributed by atoms with Crippen molar-refractivity contribution in [2.75, 3.05) is 6.26 Å². The van der Waals surface area contributed by atoms with Crippen LogP contribution in [0.4, 0.5) is 0 Å². The van der Waals surface area contributed by atoms with Gasteiger partial charge in [0.05, 0.1) is 0 Å². The van der Waals surface area contributed by atoms with E-state index in [9.17, 15) is 0 Å². The monoisotopic (exact) mass is 141 g/mol. The van der Waals surface area contributed by atoms with E-state index in [1.54, 1.807) is 24.8 Å². The third-order valence-electron chi connectivity index (χ3n) is 0.781. The fourth-order valence-electron chi connectivity index (χ4n) is 0.286. The van der Waals surface area contributed by atoms with Crippen LogP contribution in [-0.2, 0) is 0 Å². The minimum absolute atomic E-state index is 0.560. The van der Waals surface area contributed by atoms with E-state index in [-0.39, 0.29) is 0 Å². The molecule has 9 heavy (non-hydrogen) atoms. The molecule has 0 aliphatic carbocycles. The van der Waals surface area contributed by atoms with Crippen molar-refractivity contribution < 1.29 is 0 Å². The molecule has 0 saturated heterocycles. The Kier molecular flexibility index (Phi) is 4.14. The average molecular weight is 141 g/mol. The van der Waals surface area contributed by atoms with Gasteiger partial charge in [-0.3, -0.25) is 0 Å². The first-order valence-electron chi connectivity index (χ1n) is 2.63. The van der Waals surface area contributed by atoms with Crippen LogP contribution in [0, 0.1) is 5.41 Å². The maximum absolute atomic E-state index is 7.03. The van der Waals surface area contributed by atoms with E-state index in [2.05, 4.69) is 6.58 Å². The predicted molar refractivity (Wildman–Crippen MR) is 45.2 cm³/mol. The second kappa shape index (κ2) is 4.39. The van der Waals surface area contributed by atoms with Crippen LogP contribution >= 0.6 is 11.8 Å². The second-order valence-electron chi connectivity index (χ2n) is 1.69. The van der Waals surface area contributed by atoms with E-state index in [1.807, 2.05) is 12.3 Å². The van der Waals surface area contributed by atoms with Crippen LogP contribution < -0.4 is 0 Å². The van der Waals surface area contributed by atoms with Gasteiger partial charge in [-0.15, -0.1) is 11.8 Å². The van der Waals surface area contributed by atoms with Crippen molar-refractivity contribution in [1.82, 2.24) is 0 Å². The summed E-state index contributed by atoms with van der Waals surface area (Å²) in [5.74, 6) is 0. The number of rotatable bonds is 3. The third-order valence-corrected chi connectivity index (χ3v) is 1.44. The third kappa shape index (κ3) is 5.37. The van der Waals surface area contributed by atoms with Gasteiger partial charge in [-0.1, -0.05) is 6.58 Å². The number of hydrogen-bond acceptors (Lipinski definition) is 2. The maximum atomic E-state index is 7.03. The summed E-state index contributed by atoms with van der Waals surface area (Å²) in [4.78, 5) is 0.988. The van der Waals surface area contributed by atoms with Crippen LogP contribution in [0.15, 0.2) is 23.6 Å². The molecule has 0 spiro atoms. The van der Waals surface area contributed by atoms with Gasteiger partial charge in [-0.05, 0) is 30.2 Å². The molecule has 1 nitrogen and oxygen atoms in total. The zero-order chi connectivity index (χ0) is 7.28. The van der Waals surface area contributed by atoms with Crippen LogP contribution in [0.1, 0.15) is 6.92 Å². The molecule has 0 heterocycles. The lowest BCUT2D eigenvalue weighted by Gasteiger charge is -1.88. The molecule has 0 atom stereocenters. The van der Waals surface area contributed by atoms with E-state index in [1.165, 1.54) is 0 Å². The van der Waals surface area contributed by atoms with Gasteiger partial charge in [0.1, 0.15) is 0 Å². The number of thioether (sulfide) groups is 1. The second-order valence-corrected chi connectivity index (χ2v) is 2.62. The number of nitrogens with one attached hydrogen (secondary N) is 1. The Morgan fingerprint density at radius 3 is 2.44 bits per heavy atom. The van der Waals surface area contributed by atoms with Crippen molar-refractivity contribution in [3.05, 3.63) is 23.6 Å². The first-order chi connectivity index (χ1) is 4.16. The summed E-state index contributed by atoms with van der Waals surface area (Å²) >= 11 is 1.59. The molecule has 0 aliphatic rings. The highest BCUT2D eigenvalue weighted by atomic mass is 32.2. The minimum Gasteiger partial charge on any atom is -0.306 e. The highest BCUT2D eigenvalue weighted by Crippen LogP contribution is 2.08. The molecule has 0 radical (unpaired) electrons. The number of hydrogen-bond donors (Lipinski definition) is 1. The van der Waals surface area contributed by atoms with Crippen LogP contribution in [0.3, 0.4) is 0 Å². The smallest absolute Gasteiger partial charge is 0.0283 e. The van der Waals surface area contributed by atoms with E-state index >= 15 is 0 Å². The molecule has 0 aliphatic heterocycles. The van der Waals surface area contributed by atoms with Crippen LogP contribution in [0.2, 0.25) is 0 Å². The Balaban J connectivity index is 3.71. The molecule has 0 fully saturated rings. The van der Waals surface area contributed by atoms with E-state index < -0.39 is 0 Å². The van der Waals surface area contributed by atoms with Crippen molar-refractivity contribution in [2.45, 2.75) is 6.92 Å². The van der Waals surface area contributed by atoms with Gasteiger partial charge in [0.15, 0.2) is 0 Å². The molecule has 0 aromatic carbocycles. The molecular weight excluding hydrogens is 130 g/mol. The van der Waals surface area contributed by atoms with Crippen molar-refractivity contribution in [1.29, 1.82) is 5.41 Å². The maximum Gasteiger partial charge on any atom is 0.0283 e. The Hall–Kier alpha value is -0.500. The summed E-state index contributed by atoms with van der Waals surface area (Å²) in [6.07, 6.45) is 5.54. The van der Waals surface area contributed by atoms with E-state index in [0.717, 1.165) is 4.91 Å². The largest absolute Gasteiger partial charge is 0.306 e. The van der Waals surface area contributed by atoms with Crippen LogP contribution in [0.25, 0.3) is 0 Å². The first-order valence-corrected chi connectivity index (χ1v) is 3.85. The first kappa shape index (κ1) is 8.50. The highest BCUT2D eigenvalue weighted by molar-refractivity contribution is 8.02. The fraction of sp³-hybridized carbons (Fsp3) is 0.286. The standard InChI is InChI=1S/C7H11NS/c1-6(8)4-5-7(2)9-3/h4-5,8H,2H2,1,3H3/b5-4-,8-6?. The summed E-state index contributed by atoms with van der Waals surface area (Å²) in [6, 6.07) is 0. The summed E-state index contributed by atoms with van der Waals surface area (Å²) in [5, 5.41) is 7.03. The molecule has 1 N–H and O–H groups in total. The van der Waals surface area contributed by atoms with Gasteiger partial charge in [0.25, 0.3) is 0 Å². The Labute approximate surface area is 60.4 Å². The minimum atomic E-state index is 0.560. The van der Waals surface area contributed by atoms with Gasteiger partial charge in [-0.25, -0.2) is 0 Å². The van der Waals surface area contributed by atoms with Crippen molar-refractivity contribution in [3.63, 3.8) is 0 Å². The normalized spacial score (nSPS) is 10.0. The molecule has 0 unspecified atom stereocenters. The SMILES string of the molecule is C=C(/C=C\C(C)=N)SC. The molecular formula is C7H11NS. The Bertz CT molecular complexity index is 147. The molecule has 0 aromatic heterocycles. The van der Waals surface area contributed by atoms with Crippen molar-refractivity contribution in [2.24, 2.45) is 0 Å². The van der Waals surface area contributed by atoms with Gasteiger partial charge in [0.2, 0.25) is 0 Å². The molecule has 0 bridgehead atoms. The van der Waals surface area contributed by atoms with Gasteiger partial charge in [0, 0.05) is 5.71 Å². The summed E-state index contributed by atoms with van der Waals surface area (Å²) in [5.41, 5.74) is 0.560. The Morgan fingerprint density at radius 1 is 1.56 bits per heavy atom. The predicted octanol–water partition coefficient (Wildman–Crippen LogP) is 2.46. The number of allylic oxidation sites excluding steroid dienone is 2. The molecule has 0 saturated carbocycles.